The zero-order valence-corrected chi connectivity index (χ0v) is 13.3. The van der Waals surface area contributed by atoms with Crippen molar-refractivity contribution in [2.24, 2.45) is 0 Å². The molecule has 0 radical (unpaired) electrons. The summed E-state index contributed by atoms with van der Waals surface area (Å²) in [4.78, 5) is 0. The molecule has 112 valence electrons. The van der Waals surface area contributed by atoms with Crippen molar-refractivity contribution in [1.82, 2.24) is 10.4 Å². The van der Waals surface area contributed by atoms with E-state index in [2.05, 4.69) is 61.5 Å². The van der Waals surface area contributed by atoms with E-state index in [0.29, 0.717) is 18.1 Å². The van der Waals surface area contributed by atoms with Crippen LogP contribution >= 0.6 is 0 Å². The summed E-state index contributed by atoms with van der Waals surface area (Å²) in [5.41, 5.74) is 5.26. The van der Waals surface area contributed by atoms with E-state index < -0.39 is 0 Å². The van der Waals surface area contributed by atoms with Gasteiger partial charge in [-0.2, -0.15) is 0 Å². The van der Waals surface area contributed by atoms with Gasteiger partial charge in [0.2, 0.25) is 0 Å². The van der Waals surface area contributed by atoms with Crippen molar-refractivity contribution >= 4 is 0 Å². The summed E-state index contributed by atoms with van der Waals surface area (Å²) in [5.74, 6) is 0. The van der Waals surface area contributed by atoms with Gasteiger partial charge >= 0.3 is 0 Å². The largest absolute Gasteiger partial charge is 0.247 e. The minimum Gasteiger partial charge on any atom is -0.247 e. The first kappa shape index (κ1) is 15.5. The number of unbranched alkanes of at least 4 members (excludes halogenated alkanes) is 1. The Morgan fingerprint density at radius 3 is 2.40 bits per heavy atom. The van der Waals surface area contributed by atoms with Gasteiger partial charge in [-0.15, -0.1) is 0 Å². The highest BCUT2D eigenvalue weighted by atomic mass is 15.5. The molecule has 0 saturated carbocycles. The Hall–Kier alpha value is -0.860. The second-order valence-corrected chi connectivity index (χ2v) is 6.27. The van der Waals surface area contributed by atoms with Gasteiger partial charge in [-0.1, -0.05) is 56.5 Å². The maximum atomic E-state index is 3.84. The fourth-order valence-corrected chi connectivity index (χ4v) is 3.26. The number of hydrogen-bond acceptors (Lipinski definition) is 2. The fourth-order valence-electron chi connectivity index (χ4n) is 3.26. The fraction of sp³-hybridized carbons (Fsp3) is 0.667. The predicted molar refractivity (Wildman–Crippen MR) is 86.5 cm³/mol. The van der Waals surface area contributed by atoms with E-state index in [1.165, 1.54) is 44.1 Å². The third-order valence-electron chi connectivity index (χ3n) is 4.55. The first-order chi connectivity index (χ1) is 9.72. The Labute approximate surface area is 124 Å². The Bertz CT molecular complexity index is 366. The van der Waals surface area contributed by atoms with Gasteiger partial charge in [-0.3, -0.25) is 0 Å². The summed E-state index contributed by atoms with van der Waals surface area (Å²) >= 11 is 0. The van der Waals surface area contributed by atoms with Crippen LogP contribution in [0.5, 0.6) is 0 Å². The average Bonchev–Trinajstić information content (AvgIpc) is 2.47. The molecule has 1 aliphatic heterocycles. The first-order valence-electron chi connectivity index (χ1n) is 8.31. The SMILES string of the molecule is CCCCC(NN1C(C)CCCC1C)c1ccccc1. The number of piperidine rings is 1. The highest BCUT2D eigenvalue weighted by Crippen LogP contribution is 2.25. The predicted octanol–water partition coefficient (Wildman–Crippen LogP) is 4.69. The topological polar surface area (TPSA) is 15.3 Å². The molecule has 0 bridgehead atoms. The van der Waals surface area contributed by atoms with Crippen molar-refractivity contribution in [2.75, 3.05) is 0 Å². The van der Waals surface area contributed by atoms with Gasteiger partial charge in [-0.25, -0.2) is 10.4 Å². The molecule has 0 spiro atoms. The van der Waals surface area contributed by atoms with Gasteiger partial charge < -0.3 is 0 Å². The minimum atomic E-state index is 0.458. The monoisotopic (exact) mass is 274 g/mol. The lowest BCUT2D eigenvalue weighted by molar-refractivity contribution is 0.0272. The highest BCUT2D eigenvalue weighted by molar-refractivity contribution is 5.18. The zero-order valence-electron chi connectivity index (χ0n) is 13.3. The van der Waals surface area contributed by atoms with Crippen molar-refractivity contribution in [3.05, 3.63) is 35.9 Å². The molecule has 3 unspecified atom stereocenters. The van der Waals surface area contributed by atoms with Crippen LogP contribution in [0.25, 0.3) is 0 Å². The molecule has 1 saturated heterocycles. The summed E-state index contributed by atoms with van der Waals surface area (Å²) in [6.07, 6.45) is 7.75. The second kappa shape index (κ2) is 7.80. The van der Waals surface area contributed by atoms with Gasteiger partial charge in [0.15, 0.2) is 0 Å². The van der Waals surface area contributed by atoms with Crippen LogP contribution in [0.2, 0.25) is 0 Å². The van der Waals surface area contributed by atoms with Crippen molar-refractivity contribution < 1.29 is 0 Å². The van der Waals surface area contributed by atoms with Gasteiger partial charge in [-0.05, 0) is 38.7 Å². The second-order valence-electron chi connectivity index (χ2n) is 6.27. The van der Waals surface area contributed by atoms with Crippen molar-refractivity contribution in [2.45, 2.75) is 77.4 Å². The molecule has 1 aromatic carbocycles. The summed E-state index contributed by atoms with van der Waals surface area (Å²) < 4.78 is 0. The van der Waals surface area contributed by atoms with E-state index in [1.54, 1.807) is 0 Å². The Kier molecular flexibility index (Phi) is 6.06. The highest BCUT2D eigenvalue weighted by Gasteiger charge is 2.26. The maximum Gasteiger partial charge on any atom is 0.0464 e. The van der Waals surface area contributed by atoms with E-state index in [1.807, 2.05) is 0 Å². The lowest BCUT2D eigenvalue weighted by atomic mass is 9.98. The van der Waals surface area contributed by atoms with E-state index in [4.69, 9.17) is 0 Å². The number of hydrogen-bond donors (Lipinski definition) is 1. The van der Waals surface area contributed by atoms with Crippen LogP contribution in [-0.4, -0.2) is 17.1 Å². The van der Waals surface area contributed by atoms with Crippen LogP contribution < -0.4 is 5.43 Å². The molecule has 20 heavy (non-hydrogen) atoms. The van der Waals surface area contributed by atoms with Crippen molar-refractivity contribution in [3.8, 4) is 0 Å². The van der Waals surface area contributed by atoms with Gasteiger partial charge in [0.25, 0.3) is 0 Å². The quantitative estimate of drug-likeness (QED) is 0.810. The summed E-state index contributed by atoms with van der Waals surface area (Å²) in [5, 5.41) is 2.51. The molecule has 0 aliphatic carbocycles. The van der Waals surface area contributed by atoms with Crippen LogP contribution in [-0.2, 0) is 0 Å². The summed E-state index contributed by atoms with van der Waals surface area (Å²) in [7, 11) is 0. The summed E-state index contributed by atoms with van der Waals surface area (Å²) in [6.45, 7) is 6.98. The number of rotatable bonds is 6. The summed E-state index contributed by atoms with van der Waals surface area (Å²) in [6, 6.07) is 12.7. The Balaban J connectivity index is 2.06. The third kappa shape index (κ3) is 4.07. The van der Waals surface area contributed by atoms with E-state index in [-0.39, 0.29) is 0 Å². The standard InChI is InChI=1S/C18H30N2/c1-4-5-14-18(17-12-7-6-8-13-17)19-20-15(2)10-9-11-16(20)3/h6-8,12-13,15-16,18-19H,4-5,9-11,14H2,1-3H3. The molecule has 0 aromatic heterocycles. The van der Waals surface area contributed by atoms with E-state index >= 15 is 0 Å². The van der Waals surface area contributed by atoms with Crippen molar-refractivity contribution in [1.29, 1.82) is 0 Å². The Morgan fingerprint density at radius 1 is 1.15 bits per heavy atom. The molecule has 2 rings (SSSR count). The first-order valence-corrected chi connectivity index (χ1v) is 8.31. The van der Waals surface area contributed by atoms with Crippen LogP contribution in [0, 0.1) is 0 Å². The van der Waals surface area contributed by atoms with Gasteiger partial charge in [0, 0.05) is 18.1 Å². The van der Waals surface area contributed by atoms with Crippen LogP contribution in [0.3, 0.4) is 0 Å². The van der Waals surface area contributed by atoms with Crippen LogP contribution in [0.15, 0.2) is 30.3 Å². The smallest absolute Gasteiger partial charge is 0.0464 e. The molecule has 1 heterocycles. The molecule has 1 N–H and O–H groups in total. The number of benzene rings is 1. The molecule has 3 atom stereocenters. The van der Waals surface area contributed by atoms with Crippen LogP contribution in [0.1, 0.15) is 70.9 Å². The van der Waals surface area contributed by atoms with Gasteiger partial charge in [0.1, 0.15) is 0 Å². The molecule has 1 fully saturated rings. The Morgan fingerprint density at radius 2 is 1.80 bits per heavy atom. The van der Waals surface area contributed by atoms with E-state index in [0.717, 1.165) is 0 Å². The molecule has 0 amide bonds. The lowest BCUT2D eigenvalue weighted by Crippen LogP contribution is -2.53. The average molecular weight is 274 g/mol. The molecule has 1 aliphatic rings. The number of hydrazine groups is 1. The zero-order chi connectivity index (χ0) is 14.4. The molecular weight excluding hydrogens is 244 g/mol. The number of nitrogens with zero attached hydrogens (tertiary/aromatic N) is 1. The van der Waals surface area contributed by atoms with Gasteiger partial charge in [0.05, 0.1) is 0 Å². The van der Waals surface area contributed by atoms with Crippen molar-refractivity contribution in [3.63, 3.8) is 0 Å². The third-order valence-corrected chi connectivity index (χ3v) is 4.55. The van der Waals surface area contributed by atoms with E-state index in [9.17, 15) is 0 Å². The molecule has 1 aromatic rings. The molecular formula is C18H30N2. The molecule has 2 nitrogen and oxygen atoms in total. The normalized spacial score (nSPS) is 25.6. The number of nitrogens with one attached hydrogen (secondary N) is 1. The minimum absolute atomic E-state index is 0.458. The lowest BCUT2D eigenvalue weighted by Gasteiger charge is -2.41. The van der Waals surface area contributed by atoms with Crippen LogP contribution in [0.4, 0.5) is 0 Å². The maximum absolute atomic E-state index is 3.84. The molecule has 2 heteroatoms.